The van der Waals surface area contributed by atoms with E-state index in [9.17, 15) is 20.8 Å². The second kappa shape index (κ2) is 4.65. The van der Waals surface area contributed by atoms with E-state index in [0.717, 1.165) is 12.1 Å². The Morgan fingerprint density at radius 1 is 0.824 bits per heavy atom. The summed E-state index contributed by atoms with van der Waals surface area (Å²) < 4.78 is 60.6. The van der Waals surface area contributed by atoms with E-state index in [-0.39, 0.29) is 0 Å². The van der Waals surface area contributed by atoms with Gasteiger partial charge in [-0.2, -0.15) is 0 Å². The Hall–Kier alpha value is 0.0984. The van der Waals surface area contributed by atoms with Crippen molar-refractivity contribution in [2.45, 2.75) is 46.7 Å². The third-order valence-corrected chi connectivity index (χ3v) is 3.04. The first-order valence-electron chi connectivity index (χ1n) is 5.31. The van der Waals surface area contributed by atoms with Gasteiger partial charge in [-0.15, -0.1) is 0 Å². The molecule has 0 spiro atoms. The fraction of sp³-hybridized carbons (Fsp3) is 1.00. The second-order valence-corrected chi connectivity index (χ2v) is 8.83. The minimum absolute atomic E-state index is 0.741. The Kier molecular flexibility index (Phi) is 5.31. The van der Waals surface area contributed by atoms with Crippen LogP contribution in [0.5, 0.6) is 0 Å². The molecule has 0 atom stereocenters. The SMILES string of the molecule is CC[N+](C)(C(C)C)C(C)C.F[As-](F)(F)(F)(F)F. The van der Waals surface area contributed by atoms with Crippen LogP contribution in [0.15, 0.2) is 0 Å². The van der Waals surface area contributed by atoms with Crippen LogP contribution in [-0.2, 0) is 0 Å². The summed E-state index contributed by atoms with van der Waals surface area (Å²) in [4.78, 5) is 0. The summed E-state index contributed by atoms with van der Waals surface area (Å²) >= 11 is -11.1. The molecule has 0 aromatic rings. The summed E-state index contributed by atoms with van der Waals surface area (Å²) in [5.74, 6) is 0. The van der Waals surface area contributed by atoms with E-state index in [0.29, 0.717) is 0 Å². The normalized spacial score (nSPS) is 17.3. The quantitative estimate of drug-likeness (QED) is 0.408. The van der Waals surface area contributed by atoms with E-state index in [1.165, 1.54) is 11.0 Å². The molecule has 0 unspecified atom stereocenters. The molecule has 0 aromatic carbocycles. The molecular weight excluding hydrogens is 311 g/mol. The van der Waals surface area contributed by atoms with E-state index < -0.39 is 14.2 Å². The van der Waals surface area contributed by atoms with Crippen LogP contribution in [0.2, 0.25) is 0 Å². The molecule has 0 heterocycles. The number of rotatable bonds is 3. The molecule has 0 amide bonds. The number of quaternary nitrogens is 1. The zero-order valence-electron chi connectivity index (χ0n) is 11.0. The topological polar surface area (TPSA) is 0 Å². The van der Waals surface area contributed by atoms with E-state index in [2.05, 4.69) is 41.7 Å². The molecule has 0 aliphatic carbocycles. The van der Waals surface area contributed by atoms with Crippen molar-refractivity contribution in [3.05, 3.63) is 0 Å². The van der Waals surface area contributed by atoms with Gasteiger partial charge in [0.1, 0.15) is 0 Å². The number of halogens is 6. The van der Waals surface area contributed by atoms with Crippen LogP contribution in [0.3, 0.4) is 0 Å². The van der Waals surface area contributed by atoms with Gasteiger partial charge in [0.25, 0.3) is 0 Å². The van der Waals surface area contributed by atoms with Gasteiger partial charge in [0.15, 0.2) is 0 Å². The van der Waals surface area contributed by atoms with E-state index in [4.69, 9.17) is 0 Å². The van der Waals surface area contributed by atoms with Gasteiger partial charge in [-0.3, -0.25) is 0 Å². The summed E-state index contributed by atoms with van der Waals surface area (Å²) in [6, 6.07) is 1.48. The third kappa shape index (κ3) is 14.0. The molecule has 0 aliphatic rings. The first kappa shape index (κ1) is 19.4. The molecule has 0 radical (unpaired) electrons. The number of hydrogen-bond acceptors (Lipinski definition) is 0. The maximum absolute atomic E-state index is 11.1. The van der Waals surface area contributed by atoms with Gasteiger partial charge in [-0.1, -0.05) is 0 Å². The molecule has 17 heavy (non-hydrogen) atoms. The first-order valence-corrected chi connectivity index (χ1v) is 9.57. The maximum atomic E-state index is 9.91. The van der Waals surface area contributed by atoms with Crippen molar-refractivity contribution >= 4 is 14.2 Å². The van der Waals surface area contributed by atoms with Crippen molar-refractivity contribution in [2.24, 2.45) is 0 Å². The van der Waals surface area contributed by atoms with Crippen LogP contribution in [0.1, 0.15) is 34.6 Å². The zero-order chi connectivity index (χ0) is 14.8. The Bertz CT molecular complexity index is 222. The Morgan fingerprint density at radius 3 is 1.00 bits per heavy atom. The zero-order valence-corrected chi connectivity index (χ0v) is 12.9. The van der Waals surface area contributed by atoms with Crippen LogP contribution in [-0.4, -0.2) is 44.3 Å². The molecule has 1 nitrogen and oxygen atoms in total. The molecule has 0 N–H and O–H groups in total. The van der Waals surface area contributed by atoms with Crippen molar-refractivity contribution in [1.29, 1.82) is 0 Å². The first-order chi connectivity index (χ1) is 6.90. The molecule has 0 fully saturated rings. The Morgan fingerprint density at radius 2 is 1.00 bits per heavy atom. The third-order valence-electron chi connectivity index (χ3n) is 3.04. The standard InChI is InChI=1S/C9H22N.AsF6/c1-7-10(6,8(2)3)9(4)5;2-1(3,4,5,6)7/h8-9H,7H2,1-6H3;/q+1;-1. The molecule has 110 valence electrons. The van der Waals surface area contributed by atoms with Crippen LogP contribution in [0.4, 0.5) is 20.8 Å². The van der Waals surface area contributed by atoms with Gasteiger partial charge < -0.3 is 4.48 Å². The summed E-state index contributed by atoms with van der Waals surface area (Å²) in [6.07, 6.45) is 0. The molecule has 0 aromatic heterocycles. The minimum atomic E-state index is -11.1. The second-order valence-electron chi connectivity index (χ2n) is 4.81. The molecule has 0 saturated carbocycles. The van der Waals surface area contributed by atoms with Gasteiger partial charge in [-0.25, -0.2) is 0 Å². The van der Waals surface area contributed by atoms with Gasteiger partial charge in [0, 0.05) is 0 Å². The van der Waals surface area contributed by atoms with Crippen LogP contribution >= 0.6 is 0 Å². The van der Waals surface area contributed by atoms with Crippen LogP contribution in [0.25, 0.3) is 0 Å². The van der Waals surface area contributed by atoms with Crippen LogP contribution in [0, 0.1) is 0 Å². The average Bonchev–Trinajstić information content (AvgIpc) is 1.95. The fourth-order valence-corrected chi connectivity index (χ4v) is 1.33. The van der Waals surface area contributed by atoms with Gasteiger partial charge in [-0.05, 0) is 34.6 Å². The monoisotopic (exact) mass is 333 g/mol. The molecular formula is C9H22AsF6N. The predicted molar refractivity (Wildman–Crippen MR) is 59.4 cm³/mol. The Labute approximate surface area is 100 Å². The van der Waals surface area contributed by atoms with Gasteiger partial charge in [0.05, 0.1) is 25.7 Å². The summed E-state index contributed by atoms with van der Waals surface area (Å²) in [5.41, 5.74) is 0. The van der Waals surface area contributed by atoms with E-state index in [1.54, 1.807) is 0 Å². The average molecular weight is 333 g/mol. The van der Waals surface area contributed by atoms with Crippen molar-refractivity contribution in [3.63, 3.8) is 0 Å². The van der Waals surface area contributed by atoms with Gasteiger partial charge >= 0.3 is 35.0 Å². The number of hydrogen-bond donors (Lipinski definition) is 0. The van der Waals surface area contributed by atoms with Crippen molar-refractivity contribution in [3.8, 4) is 0 Å². The van der Waals surface area contributed by atoms with Crippen molar-refractivity contribution in [1.82, 2.24) is 0 Å². The summed E-state index contributed by atoms with van der Waals surface area (Å²) in [6.45, 7) is 12.7. The van der Waals surface area contributed by atoms with Crippen molar-refractivity contribution < 1.29 is 25.3 Å². The molecule has 8 heteroatoms. The fourth-order valence-electron chi connectivity index (χ4n) is 1.33. The molecule has 0 saturated heterocycles. The van der Waals surface area contributed by atoms with E-state index in [1.807, 2.05) is 0 Å². The molecule has 0 aliphatic heterocycles. The molecule has 0 rings (SSSR count). The molecule has 0 bridgehead atoms. The van der Waals surface area contributed by atoms with Gasteiger partial charge in [0.2, 0.25) is 0 Å². The van der Waals surface area contributed by atoms with Crippen LogP contribution < -0.4 is 0 Å². The predicted octanol–water partition coefficient (Wildman–Crippen LogP) is 4.41. The summed E-state index contributed by atoms with van der Waals surface area (Å²) in [5, 5.41) is 0. The number of nitrogens with zero attached hydrogens (tertiary/aromatic N) is 1. The summed E-state index contributed by atoms with van der Waals surface area (Å²) in [7, 11) is 2.33. The van der Waals surface area contributed by atoms with Crippen molar-refractivity contribution in [2.75, 3.05) is 13.6 Å². The Balaban J connectivity index is 0. The van der Waals surface area contributed by atoms with E-state index >= 15 is 0 Å².